The molecule has 112 valence electrons. The van der Waals surface area contributed by atoms with Crippen molar-refractivity contribution >= 4 is 0 Å². The molecule has 0 radical (unpaired) electrons. The van der Waals surface area contributed by atoms with Crippen molar-refractivity contribution in [1.29, 1.82) is 0 Å². The molecule has 0 aliphatic heterocycles. The molecule has 0 saturated heterocycles. The summed E-state index contributed by atoms with van der Waals surface area (Å²) >= 11 is 0. The summed E-state index contributed by atoms with van der Waals surface area (Å²) in [5.74, 6) is 2.23. The maximum atomic E-state index is 6.16. The average molecular weight is 288 g/mol. The molecule has 1 aliphatic rings. The number of hydrogen-bond acceptors (Lipinski definition) is 6. The summed E-state index contributed by atoms with van der Waals surface area (Å²) in [7, 11) is 1.59. The first-order chi connectivity index (χ1) is 10.3. The van der Waals surface area contributed by atoms with Gasteiger partial charge in [0, 0.05) is 30.3 Å². The van der Waals surface area contributed by atoms with Gasteiger partial charge in [0.1, 0.15) is 0 Å². The maximum Gasteiger partial charge on any atom is 0.227 e. The molecule has 0 amide bonds. The van der Waals surface area contributed by atoms with E-state index in [0.29, 0.717) is 23.5 Å². The van der Waals surface area contributed by atoms with Crippen LogP contribution in [0.3, 0.4) is 0 Å². The third-order valence-corrected chi connectivity index (χ3v) is 4.08. The van der Waals surface area contributed by atoms with E-state index in [4.69, 9.17) is 15.0 Å². The Morgan fingerprint density at radius 1 is 1.33 bits per heavy atom. The lowest BCUT2D eigenvalue weighted by atomic mass is 9.83. The van der Waals surface area contributed by atoms with E-state index < -0.39 is 0 Å². The maximum absolute atomic E-state index is 6.16. The van der Waals surface area contributed by atoms with Crippen LogP contribution in [0.15, 0.2) is 22.9 Å². The number of hydrogen-bond donors (Lipinski definition) is 1. The smallest absolute Gasteiger partial charge is 0.227 e. The summed E-state index contributed by atoms with van der Waals surface area (Å²) in [6.45, 7) is 0. The van der Waals surface area contributed by atoms with Gasteiger partial charge in [-0.1, -0.05) is 18.0 Å². The molecule has 2 unspecified atom stereocenters. The largest absolute Gasteiger partial charge is 0.481 e. The topological polar surface area (TPSA) is 87.1 Å². The van der Waals surface area contributed by atoms with E-state index in [2.05, 4.69) is 15.1 Å². The van der Waals surface area contributed by atoms with Gasteiger partial charge in [-0.2, -0.15) is 4.98 Å². The van der Waals surface area contributed by atoms with E-state index in [1.54, 1.807) is 19.4 Å². The monoisotopic (exact) mass is 288 g/mol. The van der Waals surface area contributed by atoms with Crippen molar-refractivity contribution in [3.63, 3.8) is 0 Å². The molecular weight excluding hydrogens is 268 g/mol. The summed E-state index contributed by atoms with van der Waals surface area (Å²) in [5, 5.41) is 4.02. The van der Waals surface area contributed by atoms with Crippen LogP contribution in [0.25, 0.3) is 11.4 Å². The van der Waals surface area contributed by atoms with Gasteiger partial charge in [0.25, 0.3) is 0 Å². The summed E-state index contributed by atoms with van der Waals surface area (Å²) in [4.78, 5) is 8.60. The Morgan fingerprint density at radius 2 is 2.19 bits per heavy atom. The normalized spacial score (nSPS) is 22.2. The summed E-state index contributed by atoms with van der Waals surface area (Å²) in [5.41, 5.74) is 6.98. The second-order valence-electron chi connectivity index (χ2n) is 5.51. The summed E-state index contributed by atoms with van der Waals surface area (Å²) in [6, 6.07) is 3.90. The molecule has 1 aliphatic carbocycles. The van der Waals surface area contributed by atoms with E-state index in [9.17, 15) is 0 Å². The Labute approximate surface area is 123 Å². The van der Waals surface area contributed by atoms with Crippen LogP contribution in [0.5, 0.6) is 5.88 Å². The number of aromatic nitrogens is 3. The van der Waals surface area contributed by atoms with E-state index >= 15 is 0 Å². The summed E-state index contributed by atoms with van der Waals surface area (Å²) in [6.07, 6.45) is 7.14. The van der Waals surface area contributed by atoms with E-state index in [1.165, 1.54) is 12.8 Å². The molecule has 6 nitrogen and oxygen atoms in total. The Bertz CT molecular complexity index is 582. The quantitative estimate of drug-likeness (QED) is 0.928. The molecule has 0 bridgehead atoms. The van der Waals surface area contributed by atoms with Crippen molar-refractivity contribution in [2.75, 3.05) is 7.11 Å². The zero-order valence-electron chi connectivity index (χ0n) is 12.2. The minimum atomic E-state index is 0.247. The molecule has 1 fully saturated rings. The van der Waals surface area contributed by atoms with Gasteiger partial charge in [-0.05, 0) is 24.8 Å². The highest BCUT2D eigenvalue weighted by Crippen LogP contribution is 2.26. The van der Waals surface area contributed by atoms with Crippen LogP contribution in [0.1, 0.15) is 31.6 Å². The molecule has 2 heterocycles. The second-order valence-corrected chi connectivity index (χ2v) is 5.51. The lowest BCUT2D eigenvalue weighted by Gasteiger charge is -2.27. The number of nitrogens with two attached hydrogens (primary N) is 1. The number of nitrogens with zero attached hydrogens (tertiary/aromatic N) is 3. The molecular formula is C15H20N4O2. The predicted molar refractivity (Wildman–Crippen MR) is 77.7 cm³/mol. The molecule has 6 heteroatoms. The fourth-order valence-electron chi connectivity index (χ4n) is 2.80. The van der Waals surface area contributed by atoms with Crippen LogP contribution >= 0.6 is 0 Å². The average Bonchev–Trinajstić information content (AvgIpc) is 2.98. The van der Waals surface area contributed by atoms with Crippen LogP contribution in [0.2, 0.25) is 0 Å². The SMILES string of the molecule is COc1ccc(-c2noc(CC3CCCCC3N)n2)cn1. The van der Waals surface area contributed by atoms with E-state index in [-0.39, 0.29) is 6.04 Å². The van der Waals surface area contributed by atoms with Crippen molar-refractivity contribution in [3.8, 4) is 17.3 Å². The molecule has 1 saturated carbocycles. The third-order valence-electron chi connectivity index (χ3n) is 4.08. The number of ether oxygens (including phenoxy) is 1. The van der Waals surface area contributed by atoms with Crippen molar-refractivity contribution in [2.45, 2.75) is 38.1 Å². The fourth-order valence-corrected chi connectivity index (χ4v) is 2.80. The molecule has 2 aromatic heterocycles. The highest BCUT2D eigenvalue weighted by molar-refractivity contribution is 5.52. The zero-order valence-corrected chi connectivity index (χ0v) is 12.2. The van der Waals surface area contributed by atoms with Crippen LogP contribution in [0, 0.1) is 5.92 Å². The number of rotatable bonds is 4. The van der Waals surface area contributed by atoms with Crippen molar-refractivity contribution < 1.29 is 9.26 Å². The van der Waals surface area contributed by atoms with E-state index in [0.717, 1.165) is 24.8 Å². The molecule has 3 rings (SSSR count). The van der Waals surface area contributed by atoms with Gasteiger partial charge in [0.2, 0.25) is 17.6 Å². The lowest BCUT2D eigenvalue weighted by Crippen LogP contribution is -2.34. The first-order valence-electron chi connectivity index (χ1n) is 7.35. The third kappa shape index (κ3) is 3.21. The molecule has 2 atom stereocenters. The van der Waals surface area contributed by atoms with Gasteiger partial charge in [-0.3, -0.25) is 0 Å². The van der Waals surface area contributed by atoms with E-state index in [1.807, 2.05) is 6.07 Å². The minimum absolute atomic E-state index is 0.247. The standard InChI is InChI=1S/C15H20N4O2/c1-20-13-7-6-11(9-17-13)15-18-14(21-19-15)8-10-4-2-3-5-12(10)16/h6-7,9-10,12H,2-5,8,16H2,1H3. The Balaban J connectivity index is 1.70. The van der Waals surface area contributed by atoms with Crippen molar-refractivity contribution in [2.24, 2.45) is 11.7 Å². The number of methoxy groups -OCH3 is 1. The van der Waals surface area contributed by atoms with Crippen molar-refractivity contribution in [1.82, 2.24) is 15.1 Å². The first kappa shape index (κ1) is 14.0. The fraction of sp³-hybridized carbons (Fsp3) is 0.533. The van der Waals surface area contributed by atoms with Crippen LogP contribution in [-0.4, -0.2) is 28.3 Å². The Hall–Kier alpha value is -1.95. The molecule has 21 heavy (non-hydrogen) atoms. The van der Waals surface area contributed by atoms with Crippen LogP contribution < -0.4 is 10.5 Å². The number of pyridine rings is 1. The molecule has 0 spiro atoms. The van der Waals surface area contributed by atoms with Gasteiger partial charge >= 0.3 is 0 Å². The van der Waals surface area contributed by atoms with Gasteiger partial charge in [0.05, 0.1) is 7.11 Å². The van der Waals surface area contributed by atoms with Gasteiger partial charge in [-0.25, -0.2) is 4.98 Å². The molecule has 2 aromatic rings. The summed E-state index contributed by atoms with van der Waals surface area (Å²) < 4.78 is 10.4. The first-order valence-corrected chi connectivity index (χ1v) is 7.35. The Morgan fingerprint density at radius 3 is 2.90 bits per heavy atom. The lowest BCUT2D eigenvalue weighted by molar-refractivity contribution is 0.273. The minimum Gasteiger partial charge on any atom is -0.481 e. The highest BCUT2D eigenvalue weighted by Gasteiger charge is 2.24. The highest BCUT2D eigenvalue weighted by atomic mass is 16.5. The van der Waals surface area contributed by atoms with Crippen LogP contribution in [-0.2, 0) is 6.42 Å². The predicted octanol–water partition coefficient (Wildman–Crippen LogP) is 2.20. The van der Waals surface area contributed by atoms with Gasteiger partial charge in [-0.15, -0.1) is 0 Å². The van der Waals surface area contributed by atoms with Crippen molar-refractivity contribution in [3.05, 3.63) is 24.2 Å². The van der Waals surface area contributed by atoms with Gasteiger partial charge in [0.15, 0.2) is 0 Å². The Kier molecular flexibility index (Phi) is 4.15. The van der Waals surface area contributed by atoms with Gasteiger partial charge < -0.3 is 15.0 Å². The van der Waals surface area contributed by atoms with Crippen LogP contribution in [0.4, 0.5) is 0 Å². The molecule has 2 N–H and O–H groups in total. The molecule has 0 aromatic carbocycles. The zero-order chi connectivity index (χ0) is 14.7. The second kappa shape index (κ2) is 6.22.